The van der Waals surface area contributed by atoms with Crippen molar-refractivity contribution in [1.82, 2.24) is 5.32 Å². The maximum absolute atomic E-state index is 12.6. The number of carbonyl (C=O) groups is 4. The minimum absolute atomic E-state index is 0.0330. The summed E-state index contributed by atoms with van der Waals surface area (Å²) in [5, 5.41) is 5.11. The van der Waals surface area contributed by atoms with Gasteiger partial charge in [0.05, 0.1) is 14.2 Å². The monoisotopic (exact) mass is 780 g/mol. The number of benzene rings is 2. The number of methoxy groups -OCH3 is 2. The van der Waals surface area contributed by atoms with Crippen LogP contribution in [0.15, 0.2) is 48.5 Å². The Hall–Kier alpha value is -2.82. The minimum atomic E-state index is -1.01. The van der Waals surface area contributed by atoms with Gasteiger partial charge in [-0.1, -0.05) is 57.3 Å². The predicted octanol–water partition coefficient (Wildman–Crippen LogP) is 4.75. The van der Waals surface area contributed by atoms with Crippen molar-refractivity contribution >= 4 is 86.3 Å². The zero-order chi connectivity index (χ0) is 29.5. The molecule has 3 amide bonds. The molecule has 0 bridgehead atoms. The number of hydrogen-bond donors (Lipinski definition) is 2. The lowest BCUT2D eigenvalue weighted by molar-refractivity contribution is -0.144. The van der Waals surface area contributed by atoms with Crippen molar-refractivity contribution < 1.29 is 33.4 Å². The average molecular weight is 780 g/mol. The molecule has 0 aliphatic carbocycles. The Morgan fingerprint density at radius 2 is 1.48 bits per heavy atom. The highest BCUT2D eigenvalue weighted by atomic mass is 127. The number of urea groups is 1. The molecular formula is C27H34I2N4O7. The van der Waals surface area contributed by atoms with E-state index in [2.05, 4.69) is 70.2 Å². The van der Waals surface area contributed by atoms with E-state index in [1.165, 1.54) is 19.1 Å². The molecule has 0 aliphatic heterocycles. The van der Waals surface area contributed by atoms with Gasteiger partial charge >= 0.3 is 24.1 Å². The lowest BCUT2D eigenvalue weighted by atomic mass is 10.1. The van der Waals surface area contributed by atoms with Crippen LogP contribution in [-0.2, 0) is 30.4 Å². The topological polar surface area (TPSA) is 127 Å². The fourth-order valence-corrected chi connectivity index (χ4v) is 4.74. The summed E-state index contributed by atoms with van der Waals surface area (Å²) >= 11 is 4.73. The Balaban J connectivity index is 1.88. The second-order valence-electron chi connectivity index (χ2n) is 8.48. The second kappa shape index (κ2) is 17.8. The van der Waals surface area contributed by atoms with Crippen LogP contribution < -0.4 is 20.4 Å². The van der Waals surface area contributed by atoms with Crippen molar-refractivity contribution in [2.75, 3.05) is 58.3 Å². The summed E-state index contributed by atoms with van der Waals surface area (Å²) in [6.45, 7) is 1.97. The van der Waals surface area contributed by atoms with Gasteiger partial charge in [-0.15, -0.1) is 0 Å². The van der Waals surface area contributed by atoms with Gasteiger partial charge in [-0.2, -0.15) is 0 Å². The number of amides is 3. The smallest absolute Gasteiger partial charge is 0.414 e. The Morgan fingerprint density at radius 3 is 2.02 bits per heavy atom. The molecule has 0 aromatic heterocycles. The maximum atomic E-state index is 12.6. The summed E-state index contributed by atoms with van der Waals surface area (Å²) in [5.41, 5.74) is 3.02. The molecule has 0 aliphatic rings. The van der Waals surface area contributed by atoms with Crippen LogP contribution in [0, 0.1) is 0 Å². The lowest BCUT2D eigenvalue weighted by Crippen LogP contribution is -2.43. The molecule has 0 fully saturated rings. The van der Waals surface area contributed by atoms with Crippen molar-refractivity contribution in [3.63, 3.8) is 0 Å². The van der Waals surface area contributed by atoms with Gasteiger partial charge in [-0.3, -0.25) is 9.69 Å². The quantitative estimate of drug-likeness (QED) is 0.122. The van der Waals surface area contributed by atoms with Gasteiger partial charge in [0.1, 0.15) is 12.6 Å². The molecule has 0 heterocycles. The van der Waals surface area contributed by atoms with E-state index in [0.29, 0.717) is 5.69 Å². The summed E-state index contributed by atoms with van der Waals surface area (Å²) < 4.78 is 16.8. The van der Waals surface area contributed by atoms with Crippen LogP contribution in [0.4, 0.5) is 26.7 Å². The molecule has 1 atom stereocenters. The fourth-order valence-electron chi connectivity index (χ4n) is 3.57. The van der Waals surface area contributed by atoms with E-state index in [-0.39, 0.29) is 19.4 Å². The van der Waals surface area contributed by atoms with E-state index in [9.17, 15) is 19.2 Å². The number of alkyl halides is 2. The molecule has 2 aromatic carbocycles. The Labute approximate surface area is 261 Å². The van der Waals surface area contributed by atoms with E-state index in [0.717, 1.165) is 38.9 Å². The third-order valence-electron chi connectivity index (χ3n) is 5.81. The molecule has 1 unspecified atom stereocenters. The SMILES string of the molecule is COC(=O)CCC(NC(=O)Nc1ccc(COC(=O)N(C)c2ccc(N(CCI)CCI)cc2)cc1)C(=O)OC. The van der Waals surface area contributed by atoms with Crippen LogP contribution in [0.2, 0.25) is 0 Å². The molecule has 2 aromatic rings. The van der Waals surface area contributed by atoms with E-state index in [4.69, 9.17) is 4.74 Å². The summed E-state index contributed by atoms with van der Waals surface area (Å²) in [7, 11) is 4.09. The number of nitrogens with one attached hydrogen (secondary N) is 2. The van der Waals surface area contributed by atoms with Crippen LogP contribution >= 0.6 is 45.2 Å². The first-order chi connectivity index (χ1) is 19.2. The second-order valence-corrected chi connectivity index (χ2v) is 10.6. The number of halogens is 2. The van der Waals surface area contributed by atoms with Crippen molar-refractivity contribution in [3.8, 4) is 0 Å². The average Bonchev–Trinajstić information content (AvgIpc) is 2.97. The first-order valence-electron chi connectivity index (χ1n) is 12.4. The van der Waals surface area contributed by atoms with Gasteiger partial charge in [-0.25, -0.2) is 14.4 Å². The zero-order valence-electron chi connectivity index (χ0n) is 22.7. The summed E-state index contributed by atoms with van der Waals surface area (Å²) in [4.78, 5) is 52.0. The molecule has 0 saturated heterocycles. The minimum Gasteiger partial charge on any atom is -0.469 e. The highest BCUT2D eigenvalue weighted by Crippen LogP contribution is 2.21. The van der Waals surface area contributed by atoms with Crippen molar-refractivity contribution in [2.24, 2.45) is 0 Å². The Morgan fingerprint density at radius 1 is 0.875 bits per heavy atom. The fraction of sp³-hybridized carbons (Fsp3) is 0.407. The molecule has 2 N–H and O–H groups in total. The van der Waals surface area contributed by atoms with Gasteiger partial charge in [0, 0.05) is 52.5 Å². The van der Waals surface area contributed by atoms with Crippen LogP contribution in [-0.4, -0.2) is 73.3 Å². The zero-order valence-corrected chi connectivity index (χ0v) is 27.0. The van der Waals surface area contributed by atoms with Gasteiger partial charge < -0.3 is 29.7 Å². The molecule has 11 nitrogen and oxygen atoms in total. The molecule has 40 heavy (non-hydrogen) atoms. The number of nitrogens with zero attached hydrogens (tertiary/aromatic N) is 2. The van der Waals surface area contributed by atoms with Gasteiger partial charge in [0.15, 0.2) is 0 Å². The van der Waals surface area contributed by atoms with Crippen LogP contribution in [0.5, 0.6) is 0 Å². The van der Waals surface area contributed by atoms with E-state index >= 15 is 0 Å². The summed E-state index contributed by atoms with van der Waals surface area (Å²) in [6.07, 6.45) is -0.516. The molecular weight excluding hydrogens is 746 g/mol. The molecule has 2 rings (SSSR count). The van der Waals surface area contributed by atoms with Gasteiger partial charge in [0.25, 0.3) is 0 Å². The number of carbonyl (C=O) groups excluding carboxylic acids is 4. The van der Waals surface area contributed by atoms with Crippen molar-refractivity contribution in [2.45, 2.75) is 25.5 Å². The number of esters is 2. The van der Waals surface area contributed by atoms with Crippen molar-refractivity contribution in [1.29, 1.82) is 0 Å². The van der Waals surface area contributed by atoms with Crippen LogP contribution in [0.25, 0.3) is 0 Å². The molecule has 0 spiro atoms. The lowest BCUT2D eigenvalue weighted by Gasteiger charge is -2.24. The van der Waals surface area contributed by atoms with Gasteiger partial charge in [0.2, 0.25) is 0 Å². The number of anilines is 3. The van der Waals surface area contributed by atoms with Crippen molar-refractivity contribution in [3.05, 3.63) is 54.1 Å². The number of rotatable bonds is 14. The summed E-state index contributed by atoms with van der Waals surface area (Å²) in [6, 6.07) is 12.9. The number of hydrogen-bond acceptors (Lipinski definition) is 8. The molecule has 0 radical (unpaired) electrons. The van der Waals surface area contributed by atoms with Crippen LogP contribution in [0.1, 0.15) is 18.4 Å². The third kappa shape index (κ3) is 11.0. The predicted molar refractivity (Wildman–Crippen MR) is 171 cm³/mol. The Bertz CT molecular complexity index is 1110. The highest BCUT2D eigenvalue weighted by Gasteiger charge is 2.23. The first-order valence-corrected chi connectivity index (χ1v) is 15.5. The number of ether oxygens (including phenoxy) is 3. The third-order valence-corrected chi connectivity index (χ3v) is 6.78. The largest absolute Gasteiger partial charge is 0.469 e. The van der Waals surface area contributed by atoms with E-state index in [1.54, 1.807) is 31.3 Å². The highest BCUT2D eigenvalue weighted by molar-refractivity contribution is 14.1. The first kappa shape index (κ1) is 33.4. The summed E-state index contributed by atoms with van der Waals surface area (Å²) in [5.74, 6) is -1.18. The molecule has 13 heteroatoms. The van der Waals surface area contributed by atoms with E-state index in [1.807, 2.05) is 24.3 Å². The molecule has 218 valence electrons. The Kier molecular flexibility index (Phi) is 14.8. The van der Waals surface area contributed by atoms with E-state index < -0.39 is 30.1 Å². The standard InChI is InChI=1S/C27H34I2N4O7/c1-32(21-8-10-22(11-9-21)33(16-14-28)17-15-29)27(37)40-18-19-4-6-20(7-5-19)30-26(36)31-23(25(35)39-3)12-13-24(34)38-2/h4-11,23H,12-18H2,1-3H3,(H2,30,31,36). The van der Waals surface area contributed by atoms with Gasteiger partial charge in [-0.05, 0) is 48.4 Å². The molecule has 0 saturated carbocycles. The normalized spacial score (nSPS) is 11.1. The maximum Gasteiger partial charge on any atom is 0.414 e. The van der Waals surface area contributed by atoms with Crippen LogP contribution in [0.3, 0.4) is 0 Å².